The molecule has 1 aromatic carbocycles. The van der Waals surface area contributed by atoms with Crippen molar-refractivity contribution in [2.24, 2.45) is 0 Å². The molecule has 0 atom stereocenters. The van der Waals surface area contributed by atoms with Crippen molar-refractivity contribution in [1.82, 2.24) is 15.1 Å². The number of nitrogens with zero attached hydrogens (tertiary/aromatic N) is 2. The molecule has 1 saturated heterocycles. The van der Waals surface area contributed by atoms with E-state index in [4.69, 9.17) is 0 Å². The van der Waals surface area contributed by atoms with Crippen LogP contribution in [0.4, 0.5) is 4.39 Å². The van der Waals surface area contributed by atoms with Gasteiger partial charge in [-0.3, -0.25) is 14.5 Å². The lowest BCUT2D eigenvalue weighted by Crippen LogP contribution is -2.48. The van der Waals surface area contributed by atoms with Gasteiger partial charge in [-0.15, -0.1) is 0 Å². The Kier molecular flexibility index (Phi) is 5.89. The molecule has 120 valence electrons. The number of hydrogen-bond acceptors (Lipinski definition) is 3. The number of halogens is 1. The van der Waals surface area contributed by atoms with E-state index in [1.165, 1.54) is 6.07 Å². The van der Waals surface area contributed by atoms with Crippen LogP contribution in [0.25, 0.3) is 0 Å². The minimum absolute atomic E-state index is 0.0859. The van der Waals surface area contributed by atoms with Crippen molar-refractivity contribution in [3.05, 3.63) is 35.6 Å². The molecule has 0 aliphatic carbocycles. The minimum Gasteiger partial charge on any atom is -0.352 e. The lowest BCUT2D eigenvalue weighted by Gasteiger charge is -2.34. The second-order valence-electron chi connectivity index (χ2n) is 5.47. The summed E-state index contributed by atoms with van der Waals surface area (Å²) in [7, 11) is 0. The van der Waals surface area contributed by atoms with Gasteiger partial charge in [0.15, 0.2) is 0 Å². The highest BCUT2D eigenvalue weighted by Gasteiger charge is 2.18. The Morgan fingerprint density at radius 2 is 1.86 bits per heavy atom. The second-order valence-corrected chi connectivity index (χ2v) is 5.47. The third-order valence-electron chi connectivity index (χ3n) is 3.91. The van der Waals surface area contributed by atoms with Crippen LogP contribution in [-0.4, -0.2) is 54.3 Å². The van der Waals surface area contributed by atoms with Crippen molar-refractivity contribution >= 4 is 11.8 Å². The van der Waals surface area contributed by atoms with Gasteiger partial charge in [0, 0.05) is 58.2 Å². The normalized spacial score (nSPS) is 15.6. The summed E-state index contributed by atoms with van der Waals surface area (Å²) < 4.78 is 13.4. The van der Waals surface area contributed by atoms with Crippen molar-refractivity contribution in [2.75, 3.05) is 32.7 Å². The van der Waals surface area contributed by atoms with E-state index in [0.717, 1.165) is 13.1 Å². The van der Waals surface area contributed by atoms with Crippen molar-refractivity contribution in [3.63, 3.8) is 0 Å². The third-order valence-corrected chi connectivity index (χ3v) is 3.91. The first-order chi connectivity index (χ1) is 10.6. The number of carbonyl (C=O) groups excluding carboxylic acids is 2. The highest BCUT2D eigenvalue weighted by molar-refractivity contribution is 5.76. The molecule has 1 aliphatic heterocycles. The number of piperazine rings is 1. The predicted octanol–water partition coefficient (Wildman–Crippen LogP) is 0.996. The Bertz CT molecular complexity index is 528. The van der Waals surface area contributed by atoms with Crippen molar-refractivity contribution in [3.8, 4) is 0 Å². The van der Waals surface area contributed by atoms with Crippen molar-refractivity contribution in [2.45, 2.75) is 19.9 Å². The number of hydrogen-bond donors (Lipinski definition) is 1. The van der Waals surface area contributed by atoms with Gasteiger partial charge in [-0.25, -0.2) is 4.39 Å². The number of rotatable bonds is 5. The quantitative estimate of drug-likeness (QED) is 0.883. The van der Waals surface area contributed by atoms with Crippen LogP contribution in [0.2, 0.25) is 0 Å². The molecule has 2 rings (SSSR count). The van der Waals surface area contributed by atoms with E-state index in [1.807, 2.05) is 4.90 Å². The second kappa shape index (κ2) is 7.89. The Morgan fingerprint density at radius 3 is 2.50 bits per heavy atom. The lowest BCUT2D eigenvalue weighted by molar-refractivity contribution is -0.131. The van der Waals surface area contributed by atoms with E-state index in [-0.39, 0.29) is 24.2 Å². The number of benzene rings is 1. The van der Waals surface area contributed by atoms with Gasteiger partial charge in [0.1, 0.15) is 5.82 Å². The number of nitrogens with one attached hydrogen (secondary N) is 1. The molecule has 1 aromatic rings. The standard InChI is InChI=1S/C16H22FN3O2/c1-13(21)20-10-8-19(9-11-20)7-6-16(22)18-12-14-4-2-3-5-15(14)17/h2-5H,6-12H2,1H3,(H,18,22). The summed E-state index contributed by atoms with van der Waals surface area (Å²) in [5.74, 6) is -0.289. The summed E-state index contributed by atoms with van der Waals surface area (Å²) in [6.45, 7) is 5.46. The van der Waals surface area contributed by atoms with Crippen LogP contribution in [0.5, 0.6) is 0 Å². The number of amides is 2. The van der Waals surface area contributed by atoms with E-state index < -0.39 is 0 Å². The van der Waals surface area contributed by atoms with Gasteiger partial charge in [-0.05, 0) is 6.07 Å². The Morgan fingerprint density at radius 1 is 1.18 bits per heavy atom. The topological polar surface area (TPSA) is 52.7 Å². The first-order valence-corrected chi connectivity index (χ1v) is 7.54. The fourth-order valence-electron chi connectivity index (χ4n) is 2.47. The van der Waals surface area contributed by atoms with Crippen molar-refractivity contribution < 1.29 is 14.0 Å². The smallest absolute Gasteiger partial charge is 0.221 e. The van der Waals surface area contributed by atoms with Gasteiger partial charge in [0.05, 0.1) is 0 Å². The van der Waals surface area contributed by atoms with Crippen LogP contribution < -0.4 is 5.32 Å². The van der Waals surface area contributed by atoms with E-state index in [1.54, 1.807) is 25.1 Å². The molecule has 1 aliphatic rings. The lowest BCUT2D eigenvalue weighted by atomic mass is 10.2. The van der Waals surface area contributed by atoms with E-state index in [0.29, 0.717) is 31.6 Å². The van der Waals surface area contributed by atoms with Crippen LogP contribution in [0.1, 0.15) is 18.9 Å². The summed E-state index contributed by atoms with van der Waals surface area (Å²) in [6, 6.07) is 6.42. The zero-order valence-electron chi connectivity index (χ0n) is 12.8. The SMILES string of the molecule is CC(=O)N1CCN(CCC(=O)NCc2ccccc2F)CC1. The molecule has 0 bridgehead atoms. The zero-order chi connectivity index (χ0) is 15.9. The average Bonchev–Trinajstić information content (AvgIpc) is 2.52. The van der Waals surface area contributed by atoms with Gasteiger partial charge in [0.2, 0.25) is 11.8 Å². The average molecular weight is 307 g/mol. The Balaban J connectivity index is 1.66. The van der Waals surface area contributed by atoms with Gasteiger partial charge < -0.3 is 10.2 Å². The van der Waals surface area contributed by atoms with Crippen LogP contribution >= 0.6 is 0 Å². The van der Waals surface area contributed by atoms with Crippen LogP contribution in [0.3, 0.4) is 0 Å². The molecule has 0 saturated carbocycles. The molecule has 1 fully saturated rings. The first-order valence-electron chi connectivity index (χ1n) is 7.54. The summed E-state index contributed by atoms with van der Waals surface area (Å²) in [5.41, 5.74) is 0.492. The largest absolute Gasteiger partial charge is 0.352 e. The molecule has 22 heavy (non-hydrogen) atoms. The van der Waals surface area contributed by atoms with Crippen LogP contribution in [0.15, 0.2) is 24.3 Å². The predicted molar refractivity (Wildman–Crippen MR) is 81.6 cm³/mol. The van der Waals surface area contributed by atoms with Gasteiger partial charge >= 0.3 is 0 Å². The van der Waals surface area contributed by atoms with Gasteiger partial charge in [-0.2, -0.15) is 0 Å². The molecular formula is C16H22FN3O2. The molecule has 6 heteroatoms. The fraction of sp³-hybridized carbons (Fsp3) is 0.500. The molecule has 0 unspecified atom stereocenters. The van der Waals surface area contributed by atoms with E-state index >= 15 is 0 Å². The molecule has 2 amide bonds. The highest BCUT2D eigenvalue weighted by Crippen LogP contribution is 2.06. The van der Waals surface area contributed by atoms with E-state index in [2.05, 4.69) is 10.2 Å². The molecule has 1 N–H and O–H groups in total. The summed E-state index contributed by atoms with van der Waals surface area (Å²) in [4.78, 5) is 27.0. The van der Waals surface area contributed by atoms with Gasteiger partial charge in [-0.1, -0.05) is 18.2 Å². The maximum absolute atomic E-state index is 13.4. The fourth-order valence-corrected chi connectivity index (χ4v) is 2.47. The molecule has 1 heterocycles. The maximum atomic E-state index is 13.4. The van der Waals surface area contributed by atoms with Crippen molar-refractivity contribution in [1.29, 1.82) is 0 Å². The van der Waals surface area contributed by atoms with Crippen LogP contribution in [0, 0.1) is 5.82 Å². The summed E-state index contributed by atoms with van der Waals surface area (Å²) in [5, 5.41) is 2.74. The molecule has 5 nitrogen and oxygen atoms in total. The Hall–Kier alpha value is -1.95. The Labute approximate surface area is 130 Å². The first kappa shape index (κ1) is 16.4. The summed E-state index contributed by atoms with van der Waals surface area (Å²) >= 11 is 0. The molecular weight excluding hydrogens is 285 g/mol. The monoisotopic (exact) mass is 307 g/mol. The number of carbonyl (C=O) groups is 2. The minimum atomic E-state index is -0.303. The van der Waals surface area contributed by atoms with Crippen LogP contribution in [-0.2, 0) is 16.1 Å². The zero-order valence-corrected chi connectivity index (χ0v) is 12.8. The summed E-state index contributed by atoms with van der Waals surface area (Å²) in [6.07, 6.45) is 0.383. The highest BCUT2D eigenvalue weighted by atomic mass is 19.1. The maximum Gasteiger partial charge on any atom is 0.221 e. The molecule has 0 radical (unpaired) electrons. The van der Waals surface area contributed by atoms with Gasteiger partial charge in [0.25, 0.3) is 0 Å². The molecule has 0 aromatic heterocycles. The molecule has 0 spiro atoms. The van der Waals surface area contributed by atoms with E-state index in [9.17, 15) is 14.0 Å². The third kappa shape index (κ3) is 4.80.